The molecule has 6 heteroatoms. The highest BCUT2D eigenvalue weighted by Crippen LogP contribution is 2.17. The summed E-state index contributed by atoms with van der Waals surface area (Å²) < 4.78 is 0. The SMILES string of the molecule is Cc1cccc(N2CCN(CCCCN=C(N)NCCc3ccccc3)CC2)c1.I. The molecule has 0 spiro atoms. The smallest absolute Gasteiger partial charge is 0.188 e. The third kappa shape index (κ3) is 8.52. The van der Waals surface area contributed by atoms with Crippen molar-refractivity contribution >= 4 is 35.6 Å². The minimum Gasteiger partial charge on any atom is -0.370 e. The van der Waals surface area contributed by atoms with Gasteiger partial charge in [0, 0.05) is 45.0 Å². The van der Waals surface area contributed by atoms with Crippen LogP contribution < -0.4 is 16.0 Å². The second kappa shape index (κ2) is 13.5. The lowest BCUT2D eigenvalue weighted by Crippen LogP contribution is -2.46. The van der Waals surface area contributed by atoms with Crippen LogP contribution in [0.5, 0.6) is 0 Å². The summed E-state index contributed by atoms with van der Waals surface area (Å²) in [5, 5.41) is 3.21. The molecule has 1 heterocycles. The van der Waals surface area contributed by atoms with Crippen LogP contribution in [0.1, 0.15) is 24.0 Å². The summed E-state index contributed by atoms with van der Waals surface area (Å²) in [6.45, 7) is 9.44. The van der Waals surface area contributed by atoms with Crippen molar-refractivity contribution < 1.29 is 0 Å². The Bertz CT molecular complexity index is 757. The maximum absolute atomic E-state index is 5.97. The van der Waals surface area contributed by atoms with Crippen molar-refractivity contribution in [2.45, 2.75) is 26.2 Å². The number of nitrogens with zero attached hydrogens (tertiary/aromatic N) is 3. The van der Waals surface area contributed by atoms with Gasteiger partial charge < -0.3 is 16.0 Å². The molecule has 0 amide bonds. The molecular formula is C24H36IN5. The van der Waals surface area contributed by atoms with Gasteiger partial charge in [0.25, 0.3) is 0 Å². The summed E-state index contributed by atoms with van der Waals surface area (Å²) in [6.07, 6.45) is 3.22. The van der Waals surface area contributed by atoms with Crippen molar-refractivity contribution in [3.8, 4) is 0 Å². The van der Waals surface area contributed by atoms with Gasteiger partial charge in [0.1, 0.15) is 0 Å². The monoisotopic (exact) mass is 521 g/mol. The zero-order chi connectivity index (χ0) is 20.3. The van der Waals surface area contributed by atoms with Crippen LogP contribution in [0.2, 0.25) is 0 Å². The van der Waals surface area contributed by atoms with E-state index in [1.54, 1.807) is 0 Å². The van der Waals surface area contributed by atoms with Crippen LogP contribution in [0.3, 0.4) is 0 Å². The van der Waals surface area contributed by atoms with Gasteiger partial charge in [-0.1, -0.05) is 42.5 Å². The molecule has 1 aliphatic heterocycles. The van der Waals surface area contributed by atoms with Crippen LogP contribution in [0.15, 0.2) is 59.6 Å². The van der Waals surface area contributed by atoms with E-state index in [9.17, 15) is 0 Å². The summed E-state index contributed by atoms with van der Waals surface area (Å²) in [5.74, 6) is 0.563. The molecule has 0 radical (unpaired) electrons. The highest BCUT2D eigenvalue weighted by Gasteiger charge is 2.16. The highest BCUT2D eigenvalue weighted by atomic mass is 127. The summed E-state index contributed by atoms with van der Waals surface area (Å²) in [5.41, 5.74) is 9.97. The first kappa shape index (κ1) is 24.5. The average molecular weight is 521 g/mol. The fourth-order valence-corrected chi connectivity index (χ4v) is 3.74. The predicted octanol–water partition coefficient (Wildman–Crippen LogP) is 3.66. The first-order chi connectivity index (χ1) is 14.2. The zero-order valence-electron chi connectivity index (χ0n) is 18.1. The van der Waals surface area contributed by atoms with E-state index in [1.165, 1.54) is 23.2 Å². The molecule has 0 atom stereocenters. The number of nitrogens with one attached hydrogen (secondary N) is 1. The Morgan fingerprint density at radius 1 is 1.00 bits per heavy atom. The topological polar surface area (TPSA) is 56.9 Å². The average Bonchev–Trinajstić information content (AvgIpc) is 2.75. The standard InChI is InChI=1S/C24H35N5.HI/c1-21-8-7-11-23(20-21)29-18-16-28(17-19-29)15-6-5-13-26-24(25)27-14-12-22-9-3-2-4-10-22;/h2-4,7-11,20H,5-6,12-19H2,1H3,(H3,25,26,27);1H. The lowest BCUT2D eigenvalue weighted by Gasteiger charge is -2.36. The number of nitrogens with two attached hydrogens (primary N) is 1. The minimum atomic E-state index is 0. The van der Waals surface area contributed by atoms with Gasteiger partial charge in [-0.25, -0.2) is 0 Å². The number of hydrogen-bond acceptors (Lipinski definition) is 3. The normalized spacial score (nSPS) is 15.0. The molecule has 1 fully saturated rings. The zero-order valence-corrected chi connectivity index (χ0v) is 20.4. The lowest BCUT2D eigenvalue weighted by molar-refractivity contribution is 0.253. The molecule has 1 saturated heterocycles. The molecule has 3 rings (SSSR count). The van der Waals surface area contributed by atoms with E-state index in [0.29, 0.717) is 5.96 Å². The van der Waals surface area contributed by atoms with Crippen LogP contribution in [-0.2, 0) is 6.42 Å². The number of aliphatic imine (C=N–C) groups is 1. The fraction of sp³-hybridized carbons (Fsp3) is 0.458. The van der Waals surface area contributed by atoms with E-state index in [4.69, 9.17) is 5.73 Å². The molecule has 0 bridgehead atoms. The third-order valence-corrected chi connectivity index (χ3v) is 5.47. The van der Waals surface area contributed by atoms with E-state index in [-0.39, 0.29) is 24.0 Å². The second-order valence-electron chi connectivity index (χ2n) is 7.80. The Balaban J connectivity index is 0.00000320. The number of piperazine rings is 1. The van der Waals surface area contributed by atoms with Crippen molar-refractivity contribution in [2.75, 3.05) is 50.7 Å². The van der Waals surface area contributed by atoms with Gasteiger partial charge in [-0.05, 0) is 56.0 Å². The summed E-state index contributed by atoms with van der Waals surface area (Å²) >= 11 is 0. The van der Waals surface area contributed by atoms with Crippen LogP contribution in [-0.4, -0.2) is 56.7 Å². The first-order valence-electron chi connectivity index (χ1n) is 10.8. The molecule has 0 saturated carbocycles. The number of guanidine groups is 1. The van der Waals surface area contributed by atoms with Crippen LogP contribution in [0.25, 0.3) is 0 Å². The molecule has 164 valence electrons. The highest BCUT2D eigenvalue weighted by molar-refractivity contribution is 14.0. The number of benzene rings is 2. The molecule has 3 N–H and O–H groups in total. The Kier molecular flexibility index (Phi) is 11.0. The van der Waals surface area contributed by atoms with Crippen molar-refractivity contribution in [2.24, 2.45) is 10.7 Å². The Hall–Kier alpha value is -1.80. The molecule has 2 aromatic carbocycles. The van der Waals surface area contributed by atoms with Gasteiger partial charge in [0.05, 0.1) is 0 Å². The Morgan fingerprint density at radius 3 is 2.50 bits per heavy atom. The summed E-state index contributed by atoms with van der Waals surface area (Å²) in [6, 6.07) is 19.3. The molecule has 5 nitrogen and oxygen atoms in total. The number of halogens is 1. The van der Waals surface area contributed by atoms with Gasteiger partial charge in [0.2, 0.25) is 0 Å². The van der Waals surface area contributed by atoms with Crippen LogP contribution >= 0.6 is 24.0 Å². The maximum atomic E-state index is 5.97. The molecular weight excluding hydrogens is 485 g/mol. The second-order valence-corrected chi connectivity index (χ2v) is 7.80. The lowest BCUT2D eigenvalue weighted by atomic mass is 10.1. The molecule has 1 aliphatic rings. The van der Waals surface area contributed by atoms with Crippen LogP contribution in [0.4, 0.5) is 5.69 Å². The molecule has 2 aromatic rings. The molecule has 0 aliphatic carbocycles. The minimum absolute atomic E-state index is 0. The van der Waals surface area contributed by atoms with Gasteiger partial charge in [-0.2, -0.15) is 0 Å². The number of hydrogen-bond donors (Lipinski definition) is 2. The quantitative estimate of drug-likeness (QED) is 0.229. The molecule has 0 aromatic heterocycles. The van der Waals surface area contributed by atoms with Crippen molar-refractivity contribution in [1.29, 1.82) is 0 Å². The van der Waals surface area contributed by atoms with E-state index < -0.39 is 0 Å². The number of aryl methyl sites for hydroxylation is 1. The summed E-state index contributed by atoms with van der Waals surface area (Å²) in [4.78, 5) is 9.52. The van der Waals surface area contributed by atoms with Gasteiger partial charge >= 0.3 is 0 Å². The van der Waals surface area contributed by atoms with Gasteiger partial charge in [-0.15, -0.1) is 24.0 Å². The van der Waals surface area contributed by atoms with E-state index in [0.717, 1.165) is 58.7 Å². The first-order valence-corrected chi connectivity index (χ1v) is 10.8. The van der Waals surface area contributed by atoms with Gasteiger partial charge in [0.15, 0.2) is 5.96 Å². The summed E-state index contributed by atoms with van der Waals surface area (Å²) in [7, 11) is 0. The van der Waals surface area contributed by atoms with Gasteiger partial charge in [-0.3, -0.25) is 9.89 Å². The van der Waals surface area contributed by atoms with E-state index in [2.05, 4.69) is 75.6 Å². The number of rotatable bonds is 9. The Labute approximate surface area is 198 Å². The third-order valence-electron chi connectivity index (χ3n) is 5.47. The Morgan fingerprint density at radius 2 is 1.77 bits per heavy atom. The van der Waals surface area contributed by atoms with E-state index >= 15 is 0 Å². The van der Waals surface area contributed by atoms with Crippen molar-refractivity contribution in [1.82, 2.24) is 10.2 Å². The molecule has 30 heavy (non-hydrogen) atoms. The van der Waals surface area contributed by atoms with Crippen molar-refractivity contribution in [3.63, 3.8) is 0 Å². The van der Waals surface area contributed by atoms with E-state index in [1.807, 2.05) is 6.07 Å². The van der Waals surface area contributed by atoms with Crippen LogP contribution in [0, 0.1) is 6.92 Å². The fourth-order valence-electron chi connectivity index (χ4n) is 3.74. The predicted molar refractivity (Wildman–Crippen MR) is 139 cm³/mol. The number of unbranched alkanes of at least 4 members (excludes halogenated alkanes) is 1. The molecule has 0 unspecified atom stereocenters. The number of anilines is 1. The van der Waals surface area contributed by atoms with Crippen molar-refractivity contribution in [3.05, 3.63) is 65.7 Å². The maximum Gasteiger partial charge on any atom is 0.188 e. The largest absolute Gasteiger partial charge is 0.370 e.